The van der Waals surface area contributed by atoms with E-state index in [4.69, 9.17) is 15.1 Å². The second kappa shape index (κ2) is 5.61. The Balaban J connectivity index is 2.05. The van der Waals surface area contributed by atoms with E-state index < -0.39 is 0 Å². The summed E-state index contributed by atoms with van der Waals surface area (Å²) >= 11 is 1.69. The van der Waals surface area contributed by atoms with Crippen molar-refractivity contribution in [3.63, 3.8) is 0 Å². The summed E-state index contributed by atoms with van der Waals surface area (Å²) in [6, 6.07) is 12.2. The predicted octanol–water partition coefficient (Wildman–Crippen LogP) is 3.88. The molecular weight excluding hydrogens is 268 g/mol. The molecule has 102 valence electrons. The molecule has 4 heteroatoms. The van der Waals surface area contributed by atoms with Crippen LogP contribution in [0.25, 0.3) is 22.0 Å². The highest BCUT2D eigenvalue weighted by atomic mass is 32.1. The average molecular weight is 284 g/mol. The van der Waals surface area contributed by atoms with Gasteiger partial charge < -0.3 is 10.2 Å². The second-order valence-corrected chi connectivity index (χ2v) is 5.76. The molecule has 0 saturated heterocycles. The van der Waals surface area contributed by atoms with Crippen molar-refractivity contribution in [3.8, 4) is 22.0 Å². The average Bonchev–Trinajstić information content (AvgIpc) is 3.09. The highest BCUT2D eigenvalue weighted by molar-refractivity contribution is 7.15. The molecule has 3 aromatic rings. The standard InChI is InChI=1S/C16H16N2OS/c1-11-4-6-12(7-5-11)16-18-15(13-3-2-10-19-13)14(20-16)8-9-17/h2-7,10H,8-9,17H2,1H3. The molecule has 2 aromatic heterocycles. The van der Waals surface area contributed by atoms with E-state index in [1.54, 1.807) is 17.6 Å². The molecule has 0 fully saturated rings. The van der Waals surface area contributed by atoms with Gasteiger partial charge in [0.25, 0.3) is 0 Å². The van der Waals surface area contributed by atoms with E-state index in [-0.39, 0.29) is 0 Å². The highest BCUT2D eigenvalue weighted by Crippen LogP contribution is 2.34. The van der Waals surface area contributed by atoms with Crippen molar-refractivity contribution < 1.29 is 4.42 Å². The number of benzene rings is 1. The van der Waals surface area contributed by atoms with Gasteiger partial charge >= 0.3 is 0 Å². The summed E-state index contributed by atoms with van der Waals surface area (Å²) in [6.07, 6.45) is 2.49. The SMILES string of the molecule is Cc1ccc(-c2nc(-c3ccco3)c(CCN)s2)cc1. The second-order valence-electron chi connectivity index (χ2n) is 4.67. The topological polar surface area (TPSA) is 52.0 Å². The van der Waals surface area contributed by atoms with E-state index in [0.717, 1.165) is 28.4 Å². The van der Waals surface area contributed by atoms with Crippen molar-refractivity contribution in [3.05, 3.63) is 53.1 Å². The van der Waals surface area contributed by atoms with Crippen LogP contribution in [0.1, 0.15) is 10.4 Å². The fraction of sp³-hybridized carbons (Fsp3) is 0.188. The molecule has 3 nitrogen and oxygen atoms in total. The summed E-state index contributed by atoms with van der Waals surface area (Å²) in [5.41, 5.74) is 9.00. The number of hydrogen-bond acceptors (Lipinski definition) is 4. The normalized spacial score (nSPS) is 10.9. The highest BCUT2D eigenvalue weighted by Gasteiger charge is 2.15. The summed E-state index contributed by atoms with van der Waals surface area (Å²) < 4.78 is 5.48. The Kier molecular flexibility index (Phi) is 3.67. The van der Waals surface area contributed by atoms with Gasteiger partial charge in [-0.05, 0) is 32.0 Å². The molecule has 0 radical (unpaired) electrons. The summed E-state index contributed by atoms with van der Waals surface area (Å²) in [5, 5.41) is 1.01. The molecule has 3 rings (SSSR count). The number of hydrogen-bond donors (Lipinski definition) is 1. The fourth-order valence-corrected chi connectivity index (χ4v) is 3.16. The molecule has 2 heterocycles. The van der Waals surface area contributed by atoms with Gasteiger partial charge in [0, 0.05) is 10.4 Å². The molecule has 0 atom stereocenters. The molecule has 0 aliphatic heterocycles. The van der Waals surface area contributed by atoms with Crippen LogP contribution in [0.15, 0.2) is 47.1 Å². The zero-order valence-corrected chi connectivity index (χ0v) is 12.1. The maximum atomic E-state index is 5.70. The zero-order valence-electron chi connectivity index (χ0n) is 11.3. The minimum atomic E-state index is 0.614. The number of rotatable bonds is 4. The van der Waals surface area contributed by atoms with Gasteiger partial charge in [0.05, 0.1) is 6.26 Å². The number of nitrogens with zero attached hydrogens (tertiary/aromatic N) is 1. The van der Waals surface area contributed by atoms with Crippen molar-refractivity contribution in [2.75, 3.05) is 6.54 Å². The van der Waals surface area contributed by atoms with Crippen LogP contribution in [0.2, 0.25) is 0 Å². The number of aryl methyl sites for hydroxylation is 1. The molecule has 0 unspecified atom stereocenters. The first-order valence-electron chi connectivity index (χ1n) is 6.58. The smallest absolute Gasteiger partial charge is 0.153 e. The molecule has 0 amide bonds. The van der Waals surface area contributed by atoms with Crippen molar-refractivity contribution in [1.29, 1.82) is 0 Å². The maximum absolute atomic E-state index is 5.70. The molecule has 0 spiro atoms. The van der Waals surface area contributed by atoms with E-state index in [2.05, 4.69) is 31.2 Å². The lowest BCUT2D eigenvalue weighted by Gasteiger charge is -1.96. The summed E-state index contributed by atoms with van der Waals surface area (Å²) in [4.78, 5) is 5.92. The minimum Gasteiger partial charge on any atom is -0.463 e. The van der Waals surface area contributed by atoms with Crippen molar-refractivity contribution in [2.45, 2.75) is 13.3 Å². The van der Waals surface area contributed by atoms with Gasteiger partial charge in [-0.1, -0.05) is 29.8 Å². The molecule has 1 aromatic carbocycles. The largest absolute Gasteiger partial charge is 0.463 e. The Morgan fingerprint density at radius 2 is 2.00 bits per heavy atom. The first kappa shape index (κ1) is 13.1. The van der Waals surface area contributed by atoms with Crippen molar-refractivity contribution in [1.82, 2.24) is 4.98 Å². The number of nitrogens with two attached hydrogens (primary N) is 1. The van der Waals surface area contributed by atoms with Crippen LogP contribution in [-0.4, -0.2) is 11.5 Å². The monoisotopic (exact) mass is 284 g/mol. The van der Waals surface area contributed by atoms with Crippen LogP contribution >= 0.6 is 11.3 Å². The molecule has 20 heavy (non-hydrogen) atoms. The van der Waals surface area contributed by atoms with Gasteiger partial charge in [0.2, 0.25) is 0 Å². The van der Waals surface area contributed by atoms with E-state index >= 15 is 0 Å². The third kappa shape index (κ3) is 2.53. The fourth-order valence-electron chi connectivity index (χ4n) is 2.08. The first-order chi connectivity index (χ1) is 9.78. The van der Waals surface area contributed by atoms with Crippen LogP contribution in [-0.2, 0) is 6.42 Å². The Morgan fingerprint density at radius 1 is 1.20 bits per heavy atom. The lowest BCUT2D eigenvalue weighted by atomic mass is 10.1. The minimum absolute atomic E-state index is 0.614. The summed E-state index contributed by atoms with van der Waals surface area (Å²) in [7, 11) is 0. The number of thiazole rings is 1. The third-order valence-corrected chi connectivity index (χ3v) is 4.29. The number of furan rings is 1. The zero-order chi connectivity index (χ0) is 13.9. The van der Waals surface area contributed by atoms with E-state index in [0.29, 0.717) is 6.54 Å². The Bertz CT molecular complexity index is 684. The predicted molar refractivity (Wildman–Crippen MR) is 82.7 cm³/mol. The van der Waals surface area contributed by atoms with Crippen molar-refractivity contribution in [2.24, 2.45) is 5.73 Å². The molecule has 0 aliphatic carbocycles. The van der Waals surface area contributed by atoms with Crippen LogP contribution in [0, 0.1) is 6.92 Å². The molecular formula is C16H16N2OS. The van der Waals surface area contributed by atoms with Gasteiger partial charge in [-0.25, -0.2) is 4.98 Å². The van der Waals surface area contributed by atoms with Gasteiger partial charge in [-0.2, -0.15) is 0 Å². The van der Waals surface area contributed by atoms with E-state index in [9.17, 15) is 0 Å². The van der Waals surface area contributed by atoms with Crippen LogP contribution in [0.4, 0.5) is 0 Å². The molecule has 0 saturated carbocycles. The van der Waals surface area contributed by atoms with E-state index in [1.807, 2.05) is 12.1 Å². The van der Waals surface area contributed by atoms with E-state index in [1.165, 1.54) is 10.4 Å². The lowest BCUT2D eigenvalue weighted by molar-refractivity contribution is 0.580. The van der Waals surface area contributed by atoms with Crippen LogP contribution in [0.5, 0.6) is 0 Å². The van der Waals surface area contributed by atoms with Gasteiger partial charge in [-0.3, -0.25) is 0 Å². The lowest BCUT2D eigenvalue weighted by Crippen LogP contribution is -2.01. The summed E-state index contributed by atoms with van der Waals surface area (Å²) in [5.74, 6) is 0.808. The van der Waals surface area contributed by atoms with Crippen molar-refractivity contribution >= 4 is 11.3 Å². The van der Waals surface area contributed by atoms with Crippen LogP contribution in [0.3, 0.4) is 0 Å². The Morgan fingerprint density at radius 3 is 2.65 bits per heavy atom. The molecule has 2 N–H and O–H groups in total. The van der Waals surface area contributed by atoms with Gasteiger partial charge in [-0.15, -0.1) is 11.3 Å². The van der Waals surface area contributed by atoms with Gasteiger partial charge in [0.15, 0.2) is 5.76 Å². The number of aromatic nitrogens is 1. The first-order valence-corrected chi connectivity index (χ1v) is 7.40. The Hall–Kier alpha value is -1.91. The maximum Gasteiger partial charge on any atom is 0.153 e. The molecule has 0 bridgehead atoms. The van der Waals surface area contributed by atoms with Gasteiger partial charge in [0.1, 0.15) is 10.7 Å². The van der Waals surface area contributed by atoms with Crippen LogP contribution < -0.4 is 5.73 Å². The quantitative estimate of drug-likeness (QED) is 0.791. The summed E-state index contributed by atoms with van der Waals surface area (Å²) in [6.45, 7) is 2.70. The molecule has 0 aliphatic rings. The Labute approximate surface area is 122 Å². The third-order valence-electron chi connectivity index (χ3n) is 3.12.